The Labute approximate surface area is 83.7 Å². The number of nitrogens with two attached hydrogens (primary N) is 1. The van der Waals surface area contributed by atoms with Gasteiger partial charge in [-0.2, -0.15) is 0 Å². The maximum Gasteiger partial charge on any atom is 0.229 e. The van der Waals surface area contributed by atoms with Crippen molar-refractivity contribution < 1.29 is 4.52 Å². The Kier molecular flexibility index (Phi) is 2.06. The Morgan fingerprint density at radius 3 is 2.46 bits per heavy atom. The van der Waals surface area contributed by atoms with Crippen molar-refractivity contribution in [1.29, 1.82) is 0 Å². The van der Waals surface area contributed by atoms with E-state index < -0.39 is 0 Å². The van der Waals surface area contributed by atoms with E-state index in [0.29, 0.717) is 5.88 Å². The summed E-state index contributed by atoms with van der Waals surface area (Å²) in [5, 5.41) is 3.61. The fraction of sp³-hybridized carbons (Fsp3) is 0. The summed E-state index contributed by atoms with van der Waals surface area (Å²) in [4.78, 5) is 0. The van der Waals surface area contributed by atoms with Gasteiger partial charge in [0, 0.05) is 4.47 Å². The number of rotatable bonds is 1. The second-order valence-electron chi connectivity index (χ2n) is 2.61. The van der Waals surface area contributed by atoms with E-state index in [0.717, 1.165) is 15.6 Å². The van der Waals surface area contributed by atoms with Crippen molar-refractivity contribution in [2.24, 2.45) is 0 Å². The predicted molar refractivity (Wildman–Crippen MR) is 54.1 cm³/mol. The van der Waals surface area contributed by atoms with E-state index in [4.69, 9.17) is 10.3 Å². The number of nitrogens with zero attached hydrogens (tertiary/aromatic N) is 1. The van der Waals surface area contributed by atoms with Gasteiger partial charge < -0.3 is 10.3 Å². The average molecular weight is 239 g/mol. The highest BCUT2D eigenvalue weighted by Gasteiger charge is 2.05. The number of benzene rings is 1. The second-order valence-corrected chi connectivity index (χ2v) is 3.53. The Bertz CT molecular complexity index is 408. The first-order valence-electron chi connectivity index (χ1n) is 3.73. The lowest BCUT2D eigenvalue weighted by atomic mass is 10.1. The molecule has 0 fully saturated rings. The summed E-state index contributed by atoms with van der Waals surface area (Å²) >= 11 is 3.36. The molecule has 0 aliphatic carbocycles. The van der Waals surface area contributed by atoms with Crippen LogP contribution >= 0.6 is 15.9 Å². The van der Waals surface area contributed by atoms with Crippen LogP contribution in [0.3, 0.4) is 0 Å². The summed E-state index contributed by atoms with van der Waals surface area (Å²) in [5.41, 5.74) is 7.40. The van der Waals surface area contributed by atoms with Crippen molar-refractivity contribution in [3.63, 3.8) is 0 Å². The van der Waals surface area contributed by atoms with Crippen molar-refractivity contribution in [1.82, 2.24) is 5.16 Å². The van der Waals surface area contributed by atoms with Crippen LogP contribution in [-0.2, 0) is 0 Å². The molecular formula is C9H7BrN2O. The fourth-order valence-corrected chi connectivity index (χ4v) is 1.36. The van der Waals surface area contributed by atoms with Gasteiger partial charge in [0.1, 0.15) is 0 Å². The van der Waals surface area contributed by atoms with Crippen LogP contribution in [0.1, 0.15) is 0 Å². The van der Waals surface area contributed by atoms with Crippen LogP contribution in [0, 0.1) is 0 Å². The average Bonchev–Trinajstić information content (AvgIpc) is 2.53. The summed E-state index contributed by atoms with van der Waals surface area (Å²) in [6, 6.07) is 7.80. The highest BCUT2D eigenvalue weighted by atomic mass is 79.9. The lowest BCUT2D eigenvalue weighted by Crippen LogP contribution is -1.83. The van der Waals surface area contributed by atoms with E-state index in [9.17, 15) is 0 Å². The molecule has 4 heteroatoms. The van der Waals surface area contributed by atoms with Gasteiger partial charge in [-0.3, -0.25) is 0 Å². The highest BCUT2D eigenvalue weighted by Crippen LogP contribution is 2.26. The molecule has 66 valence electrons. The lowest BCUT2D eigenvalue weighted by molar-refractivity contribution is 0.436. The fourth-order valence-electron chi connectivity index (χ4n) is 1.09. The summed E-state index contributed by atoms with van der Waals surface area (Å²) in [6.07, 6.45) is 1.61. The summed E-state index contributed by atoms with van der Waals surface area (Å²) in [6.45, 7) is 0. The largest absolute Gasteiger partial charge is 0.367 e. The molecule has 0 aliphatic rings. The molecule has 1 aromatic heterocycles. The molecule has 0 bridgehead atoms. The standard InChI is InChI=1S/C9H7BrN2O/c10-7-3-1-6(2-4-7)8-5-12-13-9(8)11/h1-5H,11H2. The minimum absolute atomic E-state index is 0.349. The molecule has 2 aromatic rings. The molecule has 0 saturated heterocycles. The van der Waals surface area contributed by atoms with Gasteiger partial charge in [0.15, 0.2) is 0 Å². The number of hydrogen-bond donors (Lipinski definition) is 1. The molecule has 3 nitrogen and oxygen atoms in total. The van der Waals surface area contributed by atoms with Gasteiger partial charge in [-0.1, -0.05) is 33.2 Å². The monoisotopic (exact) mass is 238 g/mol. The molecule has 0 amide bonds. The molecular weight excluding hydrogens is 232 g/mol. The van der Waals surface area contributed by atoms with E-state index in [1.165, 1.54) is 0 Å². The van der Waals surface area contributed by atoms with Gasteiger partial charge in [-0.15, -0.1) is 0 Å². The molecule has 1 aromatic carbocycles. The molecule has 1 heterocycles. The second kappa shape index (κ2) is 3.22. The molecule has 0 atom stereocenters. The van der Waals surface area contributed by atoms with E-state index in [1.807, 2.05) is 24.3 Å². The van der Waals surface area contributed by atoms with Crippen LogP contribution in [0.5, 0.6) is 0 Å². The number of halogens is 1. The third-order valence-corrected chi connectivity index (χ3v) is 2.28. The zero-order chi connectivity index (χ0) is 9.26. The van der Waals surface area contributed by atoms with Crippen molar-refractivity contribution in [3.8, 4) is 11.1 Å². The smallest absolute Gasteiger partial charge is 0.229 e. The molecule has 2 N–H and O–H groups in total. The van der Waals surface area contributed by atoms with Crippen LogP contribution in [-0.4, -0.2) is 5.16 Å². The first kappa shape index (κ1) is 8.31. The van der Waals surface area contributed by atoms with Crippen LogP contribution in [0.4, 0.5) is 5.88 Å². The number of aromatic nitrogens is 1. The normalized spacial score (nSPS) is 10.2. The minimum atomic E-state index is 0.349. The van der Waals surface area contributed by atoms with Gasteiger partial charge in [-0.25, -0.2) is 0 Å². The first-order valence-corrected chi connectivity index (χ1v) is 4.53. The molecule has 13 heavy (non-hydrogen) atoms. The van der Waals surface area contributed by atoms with E-state index in [1.54, 1.807) is 6.20 Å². The number of anilines is 1. The molecule has 0 radical (unpaired) electrons. The van der Waals surface area contributed by atoms with Gasteiger partial charge >= 0.3 is 0 Å². The summed E-state index contributed by atoms with van der Waals surface area (Å²) in [5.74, 6) is 0.349. The quantitative estimate of drug-likeness (QED) is 0.832. The first-order chi connectivity index (χ1) is 6.27. The number of nitrogen functional groups attached to an aromatic ring is 1. The van der Waals surface area contributed by atoms with Crippen LogP contribution in [0.25, 0.3) is 11.1 Å². The lowest BCUT2D eigenvalue weighted by Gasteiger charge is -1.96. The molecule has 0 saturated carbocycles. The Morgan fingerprint density at radius 2 is 1.92 bits per heavy atom. The highest BCUT2D eigenvalue weighted by molar-refractivity contribution is 9.10. The SMILES string of the molecule is Nc1oncc1-c1ccc(Br)cc1. The molecule has 0 unspecified atom stereocenters. The topological polar surface area (TPSA) is 52.0 Å². The van der Waals surface area contributed by atoms with E-state index in [-0.39, 0.29) is 0 Å². The maximum absolute atomic E-state index is 5.57. The third kappa shape index (κ3) is 1.58. The third-order valence-electron chi connectivity index (χ3n) is 1.75. The Balaban J connectivity index is 2.47. The van der Waals surface area contributed by atoms with E-state index in [2.05, 4.69) is 21.1 Å². The van der Waals surface area contributed by atoms with Gasteiger partial charge in [0.05, 0.1) is 11.8 Å². The van der Waals surface area contributed by atoms with Crippen LogP contribution in [0.2, 0.25) is 0 Å². The van der Waals surface area contributed by atoms with Gasteiger partial charge in [0.2, 0.25) is 5.88 Å². The minimum Gasteiger partial charge on any atom is -0.367 e. The zero-order valence-electron chi connectivity index (χ0n) is 6.70. The van der Waals surface area contributed by atoms with Gasteiger partial charge in [-0.05, 0) is 17.7 Å². The summed E-state index contributed by atoms with van der Waals surface area (Å²) in [7, 11) is 0. The van der Waals surface area contributed by atoms with Crippen molar-refractivity contribution in [2.45, 2.75) is 0 Å². The number of hydrogen-bond acceptors (Lipinski definition) is 3. The van der Waals surface area contributed by atoms with Crippen LogP contribution < -0.4 is 5.73 Å². The van der Waals surface area contributed by atoms with Gasteiger partial charge in [0.25, 0.3) is 0 Å². The van der Waals surface area contributed by atoms with Crippen molar-refractivity contribution >= 4 is 21.8 Å². The van der Waals surface area contributed by atoms with Crippen molar-refractivity contribution in [3.05, 3.63) is 34.9 Å². The maximum atomic E-state index is 5.57. The summed E-state index contributed by atoms with van der Waals surface area (Å²) < 4.78 is 5.80. The molecule has 2 rings (SSSR count). The van der Waals surface area contributed by atoms with Crippen molar-refractivity contribution in [2.75, 3.05) is 5.73 Å². The molecule has 0 spiro atoms. The zero-order valence-corrected chi connectivity index (χ0v) is 8.28. The molecule has 0 aliphatic heterocycles. The van der Waals surface area contributed by atoms with Crippen LogP contribution in [0.15, 0.2) is 39.5 Å². The Hall–Kier alpha value is -1.29. The Morgan fingerprint density at radius 1 is 1.23 bits per heavy atom. The van der Waals surface area contributed by atoms with E-state index >= 15 is 0 Å². The predicted octanol–water partition coefficient (Wildman–Crippen LogP) is 2.69.